The molecule has 0 atom stereocenters. The molecule has 0 fully saturated rings. The highest BCUT2D eigenvalue weighted by atomic mass is 16.5. The van der Waals surface area contributed by atoms with Crippen LogP contribution in [-0.4, -0.2) is 25.7 Å². The summed E-state index contributed by atoms with van der Waals surface area (Å²) >= 11 is 0. The van der Waals surface area contributed by atoms with Crippen molar-refractivity contribution < 1.29 is 4.74 Å². The molecule has 0 unspecified atom stereocenters. The first-order chi connectivity index (χ1) is 10.2. The van der Waals surface area contributed by atoms with Crippen molar-refractivity contribution in [3.63, 3.8) is 0 Å². The summed E-state index contributed by atoms with van der Waals surface area (Å²) in [5, 5.41) is 3.37. The van der Waals surface area contributed by atoms with Gasteiger partial charge in [-0.25, -0.2) is 0 Å². The predicted molar refractivity (Wildman–Crippen MR) is 86.7 cm³/mol. The molecule has 0 aliphatic heterocycles. The fourth-order valence-electron chi connectivity index (χ4n) is 2.30. The smallest absolute Gasteiger partial charge is 0.119 e. The number of hydrogen-bond acceptors (Lipinski definition) is 4. The van der Waals surface area contributed by atoms with Crippen molar-refractivity contribution in [2.24, 2.45) is 0 Å². The van der Waals surface area contributed by atoms with E-state index in [0.29, 0.717) is 0 Å². The Morgan fingerprint density at radius 1 is 1.29 bits per heavy atom. The van der Waals surface area contributed by atoms with Crippen LogP contribution in [0, 0.1) is 0 Å². The summed E-state index contributed by atoms with van der Waals surface area (Å²) in [6.07, 6.45) is 3.77. The number of pyridine rings is 1. The van der Waals surface area contributed by atoms with Gasteiger partial charge in [0.05, 0.1) is 19.0 Å². The van der Waals surface area contributed by atoms with E-state index in [9.17, 15) is 0 Å². The van der Waals surface area contributed by atoms with E-state index in [-0.39, 0.29) is 0 Å². The van der Waals surface area contributed by atoms with Gasteiger partial charge in [0, 0.05) is 26.3 Å². The lowest BCUT2D eigenvalue weighted by Gasteiger charge is -2.22. The lowest BCUT2D eigenvalue weighted by Crippen LogP contribution is -2.21. The van der Waals surface area contributed by atoms with E-state index < -0.39 is 0 Å². The van der Waals surface area contributed by atoms with Crippen LogP contribution in [0.5, 0.6) is 5.75 Å². The molecule has 0 saturated carbocycles. The number of hydrogen-bond donors (Lipinski definition) is 1. The van der Waals surface area contributed by atoms with Crippen molar-refractivity contribution in [2.45, 2.75) is 20.0 Å². The van der Waals surface area contributed by atoms with E-state index in [0.717, 1.165) is 31.1 Å². The van der Waals surface area contributed by atoms with Crippen LogP contribution < -0.4 is 15.0 Å². The standard InChI is InChI=1S/C17H23N3O/c1-4-18-11-15-8-9-19-12-17(15)20(2)13-14-6-5-7-16(10-14)21-3/h5-10,12,18H,4,11,13H2,1-3H3. The van der Waals surface area contributed by atoms with Gasteiger partial charge >= 0.3 is 0 Å². The van der Waals surface area contributed by atoms with Crippen LogP contribution in [0.15, 0.2) is 42.7 Å². The zero-order valence-corrected chi connectivity index (χ0v) is 13.0. The number of benzene rings is 1. The lowest BCUT2D eigenvalue weighted by atomic mass is 10.1. The van der Waals surface area contributed by atoms with Crippen LogP contribution in [-0.2, 0) is 13.1 Å². The summed E-state index contributed by atoms with van der Waals surface area (Å²) in [6.45, 7) is 4.75. The van der Waals surface area contributed by atoms with Crippen LogP contribution in [0.4, 0.5) is 5.69 Å². The zero-order chi connectivity index (χ0) is 15.1. The molecule has 2 rings (SSSR count). The topological polar surface area (TPSA) is 37.4 Å². The van der Waals surface area contributed by atoms with Gasteiger partial charge in [0.15, 0.2) is 0 Å². The van der Waals surface area contributed by atoms with E-state index >= 15 is 0 Å². The first-order valence-corrected chi connectivity index (χ1v) is 7.22. The van der Waals surface area contributed by atoms with E-state index in [1.165, 1.54) is 11.1 Å². The van der Waals surface area contributed by atoms with Gasteiger partial charge in [-0.15, -0.1) is 0 Å². The first kappa shape index (κ1) is 15.3. The minimum absolute atomic E-state index is 0.821. The summed E-state index contributed by atoms with van der Waals surface area (Å²) < 4.78 is 5.28. The minimum Gasteiger partial charge on any atom is -0.497 e. The second kappa shape index (κ2) is 7.64. The van der Waals surface area contributed by atoms with Crippen molar-refractivity contribution in [1.82, 2.24) is 10.3 Å². The Hall–Kier alpha value is -2.07. The fourth-order valence-corrected chi connectivity index (χ4v) is 2.30. The van der Waals surface area contributed by atoms with Crippen LogP contribution in [0.1, 0.15) is 18.1 Å². The highest BCUT2D eigenvalue weighted by Gasteiger charge is 2.08. The number of nitrogens with one attached hydrogen (secondary N) is 1. The molecule has 4 heteroatoms. The average Bonchev–Trinajstić information content (AvgIpc) is 2.53. The third-order valence-electron chi connectivity index (χ3n) is 3.42. The number of ether oxygens (including phenoxy) is 1. The Bertz CT molecular complexity index is 571. The van der Waals surface area contributed by atoms with Gasteiger partial charge in [-0.3, -0.25) is 4.98 Å². The fraction of sp³-hybridized carbons (Fsp3) is 0.353. The van der Waals surface area contributed by atoms with E-state index in [1.54, 1.807) is 7.11 Å². The molecule has 0 radical (unpaired) electrons. The molecule has 0 aliphatic rings. The second-order valence-electron chi connectivity index (χ2n) is 4.99. The second-order valence-corrected chi connectivity index (χ2v) is 4.99. The Morgan fingerprint density at radius 2 is 2.14 bits per heavy atom. The Kier molecular flexibility index (Phi) is 5.58. The number of anilines is 1. The van der Waals surface area contributed by atoms with Crippen LogP contribution in [0.3, 0.4) is 0 Å². The van der Waals surface area contributed by atoms with E-state index in [2.05, 4.69) is 47.4 Å². The molecule has 0 amide bonds. The van der Waals surface area contributed by atoms with Gasteiger partial charge in [0.1, 0.15) is 5.75 Å². The first-order valence-electron chi connectivity index (χ1n) is 7.22. The number of nitrogens with zero attached hydrogens (tertiary/aromatic N) is 2. The summed E-state index contributed by atoms with van der Waals surface area (Å²) in [7, 11) is 3.78. The highest BCUT2D eigenvalue weighted by molar-refractivity contribution is 5.51. The Labute approximate surface area is 126 Å². The van der Waals surface area contributed by atoms with Gasteiger partial charge in [0.25, 0.3) is 0 Å². The Balaban J connectivity index is 2.13. The molecular formula is C17H23N3O. The number of methoxy groups -OCH3 is 1. The van der Waals surface area contributed by atoms with E-state index in [1.807, 2.05) is 24.5 Å². The largest absolute Gasteiger partial charge is 0.497 e. The predicted octanol–water partition coefficient (Wildman–Crippen LogP) is 2.84. The van der Waals surface area contributed by atoms with Crippen molar-refractivity contribution in [3.05, 3.63) is 53.9 Å². The minimum atomic E-state index is 0.821. The molecule has 21 heavy (non-hydrogen) atoms. The van der Waals surface area contributed by atoms with Crippen molar-refractivity contribution in [2.75, 3.05) is 25.6 Å². The summed E-state index contributed by atoms with van der Waals surface area (Å²) in [5.74, 6) is 0.889. The third kappa shape index (κ3) is 4.20. The molecule has 0 bridgehead atoms. The SMILES string of the molecule is CCNCc1ccncc1N(C)Cc1cccc(OC)c1. The molecule has 1 heterocycles. The highest BCUT2D eigenvalue weighted by Crippen LogP contribution is 2.21. The maximum atomic E-state index is 5.28. The monoisotopic (exact) mass is 285 g/mol. The maximum Gasteiger partial charge on any atom is 0.119 e. The van der Waals surface area contributed by atoms with Crippen molar-refractivity contribution in [1.29, 1.82) is 0 Å². The summed E-state index contributed by atoms with van der Waals surface area (Å²) in [4.78, 5) is 6.47. The summed E-state index contributed by atoms with van der Waals surface area (Å²) in [5.41, 5.74) is 3.63. The van der Waals surface area contributed by atoms with Gasteiger partial charge in [0.2, 0.25) is 0 Å². The zero-order valence-electron chi connectivity index (χ0n) is 13.0. The van der Waals surface area contributed by atoms with Gasteiger partial charge in [-0.1, -0.05) is 19.1 Å². The molecule has 1 aromatic heterocycles. The summed E-state index contributed by atoms with van der Waals surface area (Å²) in [6, 6.07) is 10.2. The molecule has 1 aromatic carbocycles. The van der Waals surface area contributed by atoms with Crippen LogP contribution in [0.25, 0.3) is 0 Å². The normalized spacial score (nSPS) is 10.4. The quantitative estimate of drug-likeness (QED) is 0.849. The Morgan fingerprint density at radius 3 is 2.90 bits per heavy atom. The molecule has 112 valence electrons. The molecule has 2 aromatic rings. The maximum absolute atomic E-state index is 5.28. The lowest BCUT2D eigenvalue weighted by molar-refractivity contribution is 0.414. The molecular weight excluding hydrogens is 262 g/mol. The number of rotatable bonds is 7. The third-order valence-corrected chi connectivity index (χ3v) is 3.42. The molecule has 1 N–H and O–H groups in total. The van der Waals surface area contributed by atoms with Gasteiger partial charge in [-0.2, -0.15) is 0 Å². The van der Waals surface area contributed by atoms with Crippen molar-refractivity contribution in [3.8, 4) is 5.75 Å². The molecule has 0 saturated heterocycles. The van der Waals surface area contributed by atoms with Crippen LogP contribution >= 0.6 is 0 Å². The van der Waals surface area contributed by atoms with Crippen molar-refractivity contribution >= 4 is 5.69 Å². The van der Waals surface area contributed by atoms with E-state index in [4.69, 9.17) is 4.74 Å². The number of aromatic nitrogens is 1. The molecule has 4 nitrogen and oxygen atoms in total. The molecule has 0 spiro atoms. The van der Waals surface area contributed by atoms with Gasteiger partial charge in [-0.05, 0) is 35.9 Å². The average molecular weight is 285 g/mol. The van der Waals surface area contributed by atoms with Crippen LogP contribution in [0.2, 0.25) is 0 Å². The van der Waals surface area contributed by atoms with Gasteiger partial charge < -0.3 is 15.0 Å². The molecule has 0 aliphatic carbocycles.